The highest BCUT2D eigenvalue weighted by molar-refractivity contribution is 4.75. The van der Waals surface area contributed by atoms with Gasteiger partial charge in [0, 0.05) is 26.2 Å². The van der Waals surface area contributed by atoms with Crippen molar-refractivity contribution in [3.63, 3.8) is 0 Å². The molecular weight excluding hydrogens is 186 g/mol. The Balaban J connectivity index is 1.59. The van der Waals surface area contributed by atoms with Crippen molar-refractivity contribution in [3.05, 3.63) is 0 Å². The summed E-state index contributed by atoms with van der Waals surface area (Å²) < 4.78 is 0. The van der Waals surface area contributed by atoms with Crippen LogP contribution < -0.4 is 5.32 Å². The van der Waals surface area contributed by atoms with E-state index < -0.39 is 0 Å². The highest BCUT2D eigenvalue weighted by atomic mass is 15.3. The highest BCUT2D eigenvalue weighted by Crippen LogP contribution is 2.13. The molecule has 0 amide bonds. The molecule has 2 aliphatic rings. The predicted octanol–water partition coefficient (Wildman–Crippen LogP) is 0.623. The van der Waals surface area contributed by atoms with E-state index in [0.717, 1.165) is 5.92 Å². The molecule has 0 aromatic rings. The van der Waals surface area contributed by atoms with Crippen LogP contribution in [0.4, 0.5) is 0 Å². The van der Waals surface area contributed by atoms with E-state index in [1.54, 1.807) is 0 Å². The first-order chi connectivity index (χ1) is 7.38. The number of piperazine rings is 1. The molecule has 2 heterocycles. The topological polar surface area (TPSA) is 18.5 Å². The molecule has 0 spiro atoms. The average Bonchev–Trinajstić information content (AvgIpc) is 2.80. The lowest BCUT2D eigenvalue weighted by atomic mass is 10.0. The predicted molar refractivity (Wildman–Crippen MR) is 64.1 cm³/mol. The largest absolute Gasteiger partial charge is 0.316 e. The minimum atomic E-state index is 0.953. The lowest BCUT2D eigenvalue weighted by molar-refractivity contribution is 0.132. The Hall–Kier alpha value is -0.120. The van der Waals surface area contributed by atoms with E-state index in [2.05, 4.69) is 22.0 Å². The lowest BCUT2D eigenvalue weighted by Gasteiger charge is -2.34. The van der Waals surface area contributed by atoms with Crippen LogP contribution in [0.3, 0.4) is 0 Å². The fraction of sp³-hybridized carbons (Fsp3) is 1.00. The first kappa shape index (κ1) is 11.4. The molecule has 15 heavy (non-hydrogen) atoms. The molecule has 1 unspecified atom stereocenters. The first-order valence-electron chi connectivity index (χ1n) is 6.54. The SMILES string of the molecule is CCN1CCN(CCC2CCNC2)CC1. The fourth-order valence-electron chi connectivity index (χ4n) is 2.66. The zero-order valence-electron chi connectivity index (χ0n) is 10.0. The van der Waals surface area contributed by atoms with Crippen molar-refractivity contribution in [2.75, 3.05) is 52.4 Å². The Kier molecular flexibility index (Phi) is 4.42. The van der Waals surface area contributed by atoms with E-state index in [1.165, 1.54) is 65.2 Å². The summed E-state index contributed by atoms with van der Waals surface area (Å²) in [4.78, 5) is 5.19. The summed E-state index contributed by atoms with van der Waals surface area (Å²) in [5.41, 5.74) is 0. The van der Waals surface area contributed by atoms with Crippen molar-refractivity contribution in [1.82, 2.24) is 15.1 Å². The van der Waals surface area contributed by atoms with Gasteiger partial charge in [-0.15, -0.1) is 0 Å². The fourth-order valence-corrected chi connectivity index (χ4v) is 2.66. The van der Waals surface area contributed by atoms with E-state index in [-0.39, 0.29) is 0 Å². The summed E-state index contributed by atoms with van der Waals surface area (Å²) in [6.45, 7) is 12.4. The Morgan fingerprint density at radius 1 is 1.13 bits per heavy atom. The molecule has 0 saturated carbocycles. The van der Waals surface area contributed by atoms with Crippen molar-refractivity contribution in [2.24, 2.45) is 5.92 Å². The highest BCUT2D eigenvalue weighted by Gasteiger charge is 2.18. The zero-order chi connectivity index (χ0) is 10.5. The van der Waals surface area contributed by atoms with Crippen molar-refractivity contribution < 1.29 is 0 Å². The second-order valence-corrected chi connectivity index (χ2v) is 4.92. The second-order valence-electron chi connectivity index (χ2n) is 4.92. The van der Waals surface area contributed by atoms with Crippen LogP contribution in [-0.4, -0.2) is 62.2 Å². The van der Waals surface area contributed by atoms with Crippen molar-refractivity contribution in [2.45, 2.75) is 19.8 Å². The minimum absolute atomic E-state index is 0.953. The molecule has 2 fully saturated rings. The minimum Gasteiger partial charge on any atom is -0.316 e. The molecule has 2 rings (SSSR count). The Morgan fingerprint density at radius 2 is 1.87 bits per heavy atom. The molecule has 0 bridgehead atoms. The number of rotatable bonds is 4. The van der Waals surface area contributed by atoms with Gasteiger partial charge in [-0.05, 0) is 44.9 Å². The molecular formula is C12H25N3. The molecule has 0 aromatic heterocycles. The monoisotopic (exact) mass is 211 g/mol. The third-order valence-electron chi connectivity index (χ3n) is 3.93. The zero-order valence-corrected chi connectivity index (χ0v) is 10.0. The van der Waals surface area contributed by atoms with Gasteiger partial charge in [0.15, 0.2) is 0 Å². The van der Waals surface area contributed by atoms with E-state index in [9.17, 15) is 0 Å². The molecule has 2 aliphatic heterocycles. The van der Waals surface area contributed by atoms with Gasteiger partial charge in [-0.2, -0.15) is 0 Å². The normalized spacial score (nSPS) is 29.8. The van der Waals surface area contributed by atoms with Crippen LogP contribution in [0.2, 0.25) is 0 Å². The summed E-state index contributed by atoms with van der Waals surface area (Å²) in [5, 5.41) is 3.45. The second kappa shape index (κ2) is 5.83. The van der Waals surface area contributed by atoms with E-state index in [1.807, 2.05) is 0 Å². The van der Waals surface area contributed by atoms with Gasteiger partial charge in [-0.3, -0.25) is 0 Å². The Labute approximate surface area is 93.8 Å². The third-order valence-corrected chi connectivity index (χ3v) is 3.93. The van der Waals surface area contributed by atoms with Gasteiger partial charge >= 0.3 is 0 Å². The van der Waals surface area contributed by atoms with Gasteiger partial charge in [0.1, 0.15) is 0 Å². The van der Waals surface area contributed by atoms with Gasteiger partial charge in [0.25, 0.3) is 0 Å². The molecule has 1 N–H and O–H groups in total. The lowest BCUT2D eigenvalue weighted by Crippen LogP contribution is -2.46. The number of hydrogen-bond acceptors (Lipinski definition) is 3. The van der Waals surface area contributed by atoms with E-state index in [4.69, 9.17) is 0 Å². The molecule has 1 atom stereocenters. The van der Waals surface area contributed by atoms with Gasteiger partial charge in [0.05, 0.1) is 0 Å². The molecule has 88 valence electrons. The van der Waals surface area contributed by atoms with Gasteiger partial charge in [-0.25, -0.2) is 0 Å². The van der Waals surface area contributed by atoms with Gasteiger partial charge < -0.3 is 15.1 Å². The molecule has 3 nitrogen and oxygen atoms in total. The maximum Gasteiger partial charge on any atom is 0.0110 e. The molecule has 0 aromatic carbocycles. The number of nitrogens with zero attached hydrogens (tertiary/aromatic N) is 2. The molecule has 0 radical (unpaired) electrons. The Bertz CT molecular complexity index is 170. The number of likely N-dealkylation sites (N-methyl/N-ethyl adjacent to an activating group) is 1. The summed E-state index contributed by atoms with van der Waals surface area (Å²) >= 11 is 0. The summed E-state index contributed by atoms with van der Waals surface area (Å²) in [6.07, 6.45) is 2.80. The van der Waals surface area contributed by atoms with Gasteiger partial charge in [0.2, 0.25) is 0 Å². The standard InChI is InChI=1S/C12H25N3/c1-2-14-7-9-15(10-8-14)6-4-12-3-5-13-11-12/h12-13H,2-11H2,1H3. The quantitative estimate of drug-likeness (QED) is 0.735. The van der Waals surface area contributed by atoms with Crippen LogP contribution in [0.15, 0.2) is 0 Å². The van der Waals surface area contributed by atoms with Crippen LogP contribution in [0.5, 0.6) is 0 Å². The molecule has 3 heteroatoms. The smallest absolute Gasteiger partial charge is 0.0110 e. The molecule has 2 saturated heterocycles. The van der Waals surface area contributed by atoms with Gasteiger partial charge in [-0.1, -0.05) is 6.92 Å². The van der Waals surface area contributed by atoms with E-state index >= 15 is 0 Å². The first-order valence-corrected chi connectivity index (χ1v) is 6.54. The van der Waals surface area contributed by atoms with Crippen LogP contribution in [0.1, 0.15) is 19.8 Å². The summed E-state index contributed by atoms with van der Waals surface area (Å²) in [7, 11) is 0. The van der Waals surface area contributed by atoms with Crippen molar-refractivity contribution in [3.8, 4) is 0 Å². The number of nitrogens with one attached hydrogen (secondary N) is 1. The number of hydrogen-bond donors (Lipinski definition) is 1. The van der Waals surface area contributed by atoms with Crippen LogP contribution in [0, 0.1) is 5.92 Å². The third kappa shape index (κ3) is 3.44. The van der Waals surface area contributed by atoms with Crippen LogP contribution >= 0.6 is 0 Å². The van der Waals surface area contributed by atoms with Crippen LogP contribution in [0.25, 0.3) is 0 Å². The van der Waals surface area contributed by atoms with Crippen molar-refractivity contribution >= 4 is 0 Å². The van der Waals surface area contributed by atoms with Crippen molar-refractivity contribution in [1.29, 1.82) is 0 Å². The summed E-state index contributed by atoms with van der Waals surface area (Å²) in [6, 6.07) is 0. The summed E-state index contributed by atoms with van der Waals surface area (Å²) in [5.74, 6) is 0.953. The van der Waals surface area contributed by atoms with Crippen LogP contribution in [-0.2, 0) is 0 Å². The average molecular weight is 211 g/mol. The Morgan fingerprint density at radius 3 is 2.47 bits per heavy atom. The maximum absolute atomic E-state index is 3.45. The molecule has 0 aliphatic carbocycles. The maximum atomic E-state index is 3.45. The van der Waals surface area contributed by atoms with E-state index in [0.29, 0.717) is 0 Å².